The molecule has 154 valence electrons. The molecular formula is C19H25F2N3O3S. The summed E-state index contributed by atoms with van der Waals surface area (Å²) >= 11 is 0. The molecule has 0 saturated carbocycles. The maximum absolute atomic E-state index is 14.1. The molecule has 0 spiro atoms. The number of benzene rings is 1. The van der Waals surface area contributed by atoms with Crippen LogP contribution in [0, 0.1) is 11.6 Å². The van der Waals surface area contributed by atoms with Crippen LogP contribution in [0.3, 0.4) is 0 Å². The molecule has 2 N–H and O–H groups in total. The van der Waals surface area contributed by atoms with Crippen molar-refractivity contribution in [3.63, 3.8) is 0 Å². The van der Waals surface area contributed by atoms with E-state index in [-0.39, 0.29) is 11.6 Å². The Morgan fingerprint density at radius 3 is 2.75 bits per heavy atom. The first-order valence-electron chi connectivity index (χ1n) is 9.49. The van der Waals surface area contributed by atoms with E-state index in [9.17, 15) is 17.2 Å². The van der Waals surface area contributed by atoms with E-state index < -0.39 is 33.8 Å². The standard InChI is InChI=1S/C19H25F2N3O3S/c1-28(25,26)24-6-2-3-12-9-23(10-18(12)24)14-8-17(22)19(27-11-14)15-7-13(20)4-5-16(15)21/h4-5,7,14,17,19H,2-3,6,8-11,22H2,1H3/t14-,17+,19-/m1/s1. The molecule has 3 atom stereocenters. The highest BCUT2D eigenvalue weighted by Gasteiger charge is 2.39. The summed E-state index contributed by atoms with van der Waals surface area (Å²) in [4.78, 5) is 2.19. The van der Waals surface area contributed by atoms with Gasteiger partial charge in [-0.05, 0) is 43.0 Å². The number of ether oxygens (including phenoxy) is 1. The third-order valence-corrected chi connectivity index (χ3v) is 7.08. The molecule has 0 amide bonds. The first kappa shape index (κ1) is 19.8. The summed E-state index contributed by atoms with van der Waals surface area (Å²) in [5.41, 5.74) is 8.45. The van der Waals surface area contributed by atoms with E-state index in [1.807, 2.05) is 0 Å². The van der Waals surface area contributed by atoms with Crippen LogP contribution >= 0.6 is 0 Å². The average Bonchev–Trinajstić information content (AvgIpc) is 3.07. The lowest BCUT2D eigenvalue weighted by atomic mass is 9.93. The van der Waals surface area contributed by atoms with Crippen LogP contribution < -0.4 is 5.73 Å². The van der Waals surface area contributed by atoms with Gasteiger partial charge in [-0.2, -0.15) is 0 Å². The summed E-state index contributed by atoms with van der Waals surface area (Å²) in [6.07, 6.45) is 2.84. The Balaban J connectivity index is 1.45. The van der Waals surface area contributed by atoms with Gasteiger partial charge < -0.3 is 10.5 Å². The van der Waals surface area contributed by atoms with Crippen LogP contribution in [0.4, 0.5) is 8.78 Å². The lowest BCUT2D eigenvalue weighted by Gasteiger charge is -2.39. The Kier molecular flexibility index (Phi) is 5.20. The summed E-state index contributed by atoms with van der Waals surface area (Å²) in [5.74, 6) is -1.05. The average molecular weight is 413 g/mol. The SMILES string of the molecule is CS(=O)(=O)N1CCCC2=C1CN([C@H]1CO[C@H](c3cc(F)ccc3F)[C@@H](N)C1)C2. The maximum Gasteiger partial charge on any atom is 0.232 e. The van der Waals surface area contributed by atoms with Gasteiger partial charge in [0.1, 0.15) is 17.7 Å². The lowest BCUT2D eigenvalue weighted by molar-refractivity contribution is -0.0467. The van der Waals surface area contributed by atoms with Crippen LogP contribution in [-0.4, -0.2) is 62.2 Å². The molecule has 1 aromatic carbocycles. The molecule has 0 bridgehead atoms. The fourth-order valence-corrected chi connectivity index (χ4v) is 5.57. The van der Waals surface area contributed by atoms with Crippen molar-refractivity contribution >= 4 is 10.0 Å². The van der Waals surface area contributed by atoms with Crippen LogP contribution in [0.5, 0.6) is 0 Å². The summed E-state index contributed by atoms with van der Waals surface area (Å²) in [5, 5.41) is 0. The van der Waals surface area contributed by atoms with Gasteiger partial charge in [0, 0.05) is 43.0 Å². The van der Waals surface area contributed by atoms with E-state index in [0.717, 1.165) is 42.3 Å². The highest BCUT2D eigenvalue weighted by Crippen LogP contribution is 2.36. The van der Waals surface area contributed by atoms with E-state index in [2.05, 4.69) is 4.90 Å². The third-order valence-electron chi connectivity index (χ3n) is 5.88. The predicted octanol–water partition coefficient (Wildman–Crippen LogP) is 1.75. The third kappa shape index (κ3) is 3.68. The minimum atomic E-state index is -3.28. The molecule has 0 aromatic heterocycles. The second-order valence-electron chi connectivity index (χ2n) is 7.87. The number of nitrogens with zero attached hydrogens (tertiary/aromatic N) is 2. The van der Waals surface area contributed by atoms with Gasteiger partial charge in [-0.25, -0.2) is 17.2 Å². The number of rotatable bonds is 3. The van der Waals surface area contributed by atoms with Crippen LogP contribution in [-0.2, 0) is 14.8 Å². The molecule has 1 fully saturated rings. The highest BCUT2D eigenvalue weighted by molar-refractivity contribution is 7.88. The molecule has 6 nitrogen and oxygen atoms in total. The van der Waals surface area contributed by atoms with Crippen molar-refractivity contribution in [2.75, 3.05) is 32.5 Å². The number of hydrogen-bond donors (Lipinski definition) is 1. The van der Waals surface area contributed by atoms with Crippen molar-refractivity contribution in [2.45, 2.75) is 37.5 Å². The normalized spacial score (nSPS) is 29.3. The van der Waals surface area contributed by atoms with Gasteiger partial charge in [-0.15, -0.1) is 0 Å². The second kappa shape index (κ2) is 7.37. The molecule has 0 unspecified atom stereocenters. The molecule has 3 aliphatic heterocycles. The fraction of sp³-hybridized carbons (Fsp3) is 0.579. The quantitative estimate of drug-likeness (QED) is 0.817. The summed E-state index contributed by atoms with van der Waals surface area (Å²) in [6, 6.07) is 2.84. The van der Waals surface area contributed by atoms with Crippen molar-refractivity contribution in [1.82, 2.24) is 9.21 Å². The van der Waals surface area contributed by atoms with Crippen molar-refractivity contribution < 1.29 is 21.9 Å². The van der Waals surface area contributed by atoms with Crippen LogP contribution in [0.15, 0.2) is 29.5 Å². The Bertz CT molecular complexity index is 906. The Morgan fingerprint density at radius 2 is 2.04 bits per heavy atom. The molecule has 4 rings (SSSR count). The topological polar surface area (TPSA) is 75.9 Å². The number of sulfonamides is 1. The maximum atomic E-state index is 14.1. The molecule has 0 aliphatic carbocycles. The number of hydrogen-bond acceptors (Lipinski definition) is 5. The van der Waals surface area contributed by atoms with Crippen molar-refractivity contribution in [2.24, 2.45) is 5.73 Å². The van der Waals surface area contributed by atoms with Gasteiger partial charge in [0.15, 0.2) is 0 Å². The summed E-state index contributed by atoms with van der Waals surface area (Å²) in [6.45, 7) is 2.10. The van der Waals surface area contributed by atoms with E-state index in [1.54, 1.807) is 0 Å². The molecular weight excluding hydrogens is 388 g/mol. The monoisotopic (exact) mass is 413 g/mol. The van der Waals surface area contributed by atoms with Gasteiger partial charge in [0.2, 0.25) is 10.0 Å². The first-order chi connectivity index (χ1) is 13.2. The van der Waals surface area contributed by atoms with Crippen molar-refractivity contribution in [1.29, 1.82) is 0 Å². The predicted molar refractivity (Wildman–Crippen MR) is 101 cm³/mol. The zero-order valence-corrected chi connectivity index (χ0v) is 16.6. The van der Waals surface area contributed by atoms with Gasteiger partial charge in [0.05, 0.1) is 12.9 Å². The summed E-state index contributed by atoms with van der Waals surface area (Å²) in [7, 11) is -3.28. The number of nitrogens with two attached hydrogens (primary N) is 1. The Labute approximate surface area is 164 Å². The van der Waals surface area contributed by atoms with E-state index >= 15 is 0 Å². The van der Waals surface area contributed by atoms with E-state index in [1.165, 1.54) is 10.6 Å². The lowest BCUT2D eigenvalue weighted by Crippen LogP contribution is -2.49. The largest absolute Gasteiger partial charge is 0.370 e. The van der Waals surface area contributed by atoms with Gasteiger partial charge >= 0.3 is 0 Å². The van der Waals surface area contributed by atoms with E-state index in [0.29, 0.717) is 32.7 Å². The Hall–Kier alpha value is -1.55. The molecule has 1 aromatic rings. The molecule has 1 saturated heterocycles. The van der Waals surface area contributed by atoms with Crippen LogP contribution in [0.1, 0.15) is 30.9 Å². The number of halogens is 2. The van der Waals surface area contributed by atoms with Crippen molar-refractivity contribution in [3.05, 3.63) is 46.7 Å². The molecule has 28 heavy (non-hydrogen) atoms. The fourth-order valence-electron chi connectivity index (χ4n) is 4.52. The van der Waals surface area contributed by atoms with Gasteiger partial charge in [-0.3, -0.25) is 9.21 Å². The molecule has 9 heteroatoms. The molecule has 0 radical (unpaired) electrons. The van der Waals surface area contributed by atoms with Gasteiger partial charge in [-0.1, -0.05) is 0 Å². The second-order valence-corrected chi connectivity index (χ2v) is 9.77. The minimum absolute atomic E-state index is 0.00915. The van der Waals surface area contributed by atoms with Gasteiger partial charge in [0.25, 0.3) is 0 Å². The Morgan fingerprint density at radius 1 is 1.25 bits per heavy atom. The molecule has 3 aliphatic rings. The summed E-state index contributed by atoms with van der Waals surface area (Å²) < 4.78 is 59.2. The smallest absolute Gasteiger partial charge is 0.232 e. The van der Waals surface area contributed by atoms with E-state index in [4.69, 9.17) is 10.5 Å². The van der Waals surface area contributed by atoms with Crippen LogP contribution in [0.2, 0.25) is 0 Å². The minimum Gasteiger partial charge on any atom is -0.370 e. The van der Waals surface area contributed by atoms with Crippen molar-refractivity contribution in [3.8, 4) is 0 Å². The zero-order chi connectivity index (χ0) is 20.1. The molecule has 3 heterocycles. The zero-order valence-electron chi connectivity index (χ0n) is 15.8. The highest BCUT2D eigenvalue weighted by atomic mass is 32.2. The first-order valence-corrected chi connectivity index (χ1v) is 11.3. The van der Waals surface area contributed by atoms with Crippen LogP contribution in [0.25, 0.3) is 0 Å².